The van der Waals surface area contributed by atoms with Crippen LogP contribution in [0, 0.1) is 0 Å². The summed E-state index contributed by atoms with van der Waals surface area (Å²) in [6.45, 7) is 2.30. The zero-order valence-corrected chi connectivity index (χ0v) is 6.76. The van der Waals surface area contributed by atoms with E-state index in [1.807, 2.05) is 0 Å². The molecule has 0 aromatic carbocycles. The maximum absolute atomic E-state index is 10.5. The SMILES string of the molecule is CC(=O)NCCC1=CCC=C1. The van der Waals surface area contributed by atoms with Crippen molar-refractivity contribution in [3.63, 3.8) is 0 Å². The second kappa shape index (κ2) is 3.96. The minimum Gasteiger partial charge on any atom is -0.356 e. The molecule has 0 aliphatic heterocycles. The van der Waals surface area contributed by atoms with E-state index < -0.39 is 0 Å². The smallest absolute Gasteiger partial charge is 0.216 e. The van der Waals surface area contributed by atoms with Gasteiger partial charge in [-0.15, -0.1) is 0 Å². The Morgan fingerprint density at radius 1 is 1.73 bits per heavy atom. The van der Waals surface area contributed by atoms with Crippen molar-refractivity contribution in [3.05, 3.63) is 23.8 Å². The lowest BCUT2D eigenvalue weighted by Crippen LogP contribution is -2.20. The molecule has 1 aliphatic rings. The summed E-state index contributed by atoms with van der Waals surface area (Å²) in [5.41, 5.74) is 1.33. The molecular weight excluding hydrogens is 138 g/mol. The third-order valence-electron chi connectivity index (χ3n) is 1.64. The number of rotatable bonds is 3. The monoisotopic (exact) mass is 151 g/mol. The quantitative estimate of drug-likeness (QED) is 0.649. The minimum absolute atomic E-state index is 0.0487. The number of amides is 1. The lowest BCUT2D eigenvalue weighted by Gasteiger charge is -2.00. The zero-order chi connectivity index (χ0) is 8.10. The Hall–Kier alpha value is -1.05. The van der Waals surface area contributed by atoms with Gasteiger partial charge in [0.05, 0.1) is 0 Å². The Labute approximate surface area is 67.0 Å². The lowest BCUT2D eigenvalue weighted by atomic mass is 10.2. The molecule has 2 nitrogen and oxygen atoms in total. The molecule has 1 aliphatic carbocycles. The Balaban J connectivity index is 2.12. The second-order valence-electron chi connectivity index (χ2n) is 2.65. The molecule has 0 bridgehead atoms. The molecule has 0 saturated heterocycles. The van der Waals surface area contributed by atoms with Gasteiger partial charge in [0.15, 0.2) is 0 Å². The summed E-state index contributed by atoms with van der Waals surface area (Å²) in [5, 5.41) is 2.76. The van der Waals surface area contributed by atoms with Gasteiger partial charge in [0.2, 0.25) is 5.91 Å². The van der Waals surface area contributed by atoms with Crippen LogP contribution in [0.2, 0.25) is 0 Å². The van der Waals surface area contributed by atoms with Crippen molar-refractivity contribution in [2.24, 2.45) is 0 Å². The standard InChI is InChI=1S/C9H13NO/c1-8(11)10-7-6-9-4-2-3-5-9/h2,4-5H,3,6-7H2,1H3,(H,10,11). The van der Waals surface area contributed by atoms with E-state index in [0.717, 1.165) is 19.4 Å². The first-order valence-electron chi connectivity index (χ1n) is 3.89. The fourth-order valence-corrected chi connectivity index (χ4v) is 1.08. The van der Waals surface area contributed by atoms with Crippen molar-refractivity contribution in [3.8, 4) is 0 Å². The Morgan fingerprint density at radius 3 is 3.09 bits per heavy atom. The van der Waals surface area contributed by atoms with Gasteiger partial charge in [-0.2, -0.15) is 0 Å². The van der Waals surface area contributed by atoms with Crippen molar-refractivity contribution >= 4 is 5.91 Å². The van der Waals surface area contributed by atoms with Crippen molar-refractivity contribution in [1.29, 1.82) is 0 Å². The maximum atomic E-state index is 10.5. The Morgan fingerprint density at radius 2 is 2.55 bits per heavy atom. The molecule has 11 heavy (non-hydrogen) atoms. The molecule has 0 heterocycles. The highest BCUT2D eigenvalue weighted by atomic mass is 16.1. The van der Waals surface area contributed by atoms with Crippen LogP contribution < -0.4 is 5.32 Å². The topological polar surface area (TPSA) is 29.1 Å². The summed E-state index contributed by atoms with van der Waals surface area (Å²) in [6, 6.07) is 0. The average Bonchev–Trinajstić information content (AvgIpc) is 2.39. The van der Waals surface area contributed by atoms with Gasteiger partial charge in [0, 0.05) is 13.5 Å². The van der Waals surface area contributed by atoms with Crippen molar-refractivity contribution in [2.45, 2.75) is 19.8 Å². The van der Waals surface area contributed by atoms with Crippen LogP contribution in [-0.4, -0.2) is 12.5 Å². The van der Waals surface area contributed by atoms with Gasteiger partial charge in [-0.05, 0) is 12.8 Å². The van der Waals surface area contributed by atoms with E-state index in [-0.39, 0.29) is 5.91 Å². The van der Waals surface area contributed by atoms with E-state index >= 15 is 0 Å². The summed E-state index contributed by atoms with van der Waals surface area (Å²) < 4.78 is 0. The first-order valence-corrected chi connectivity index (χ1v) is 3.89. The van der Waals surface area contributed by atoms with E-state index in [1.54, 1.807) is 6.92 Å². The number of allylic oxidation sites excluding steroid dienone is 3. The first kappa shape index (κ1) is 8.05. The molecule has 0 unspecified atom stereocenters. The van der Waals surface area contributed by atoms with Crippen LogP contribution >= 0.6 is 0 Å². The van der Waals surface area contributed by atoms with E-state index in [2.05, 4.69) is 23.5 Å². The van der Waals surface area contributed by atoms with Crippen LogP contribution in [0.1, 0.15) is 19.8 Å². The molecule has 0 aromatic heterocycles. The number of carbonyl (C=O) groups excluding carboxylic acids is 1. The van der Waals surface area contributed by atoms with Gasteiger partial charge in [0.25, 0.3) is 0 Å². The summed E-state index contributed by atoms with van der Waals surface area (Å²) in [4.78, 5) is 10.5. The summed E-state index contributed by atoms with van der Waals surface area (Å²) >= 11 is 0. The van der Waals surface area contributed by atoms with Gasteiger partial charge >= 0.3 is 0 Å². The summed E-state index contributed by atoms with van der Waals surface area (Å²) in [6.07, 6.45) is 8.43. The molecule has 1 N–H and O–H groups in total. The highest BCUT2D eigenvalue weighted by Gasteiger charge is 1.97. The predicted molar refractivity (Wildman–Crippen MR) is 45.1 cm³/mol. The van der Waals surface area contributed by atoms with Crippen molar-refractivity contribution < 1.29 is 4.79 Å². The highest BCUT2D eigenvalue weighted by Crippen LogP contribution is 2.11. The molecular formula is C9H13NO. The van der Waals surface area contributed by atoms with Crippen molar-refractivity contribution in [1.82, 2.24) is 5.32 Å². The minimum atomic E-state index is 0.0487. The zero-order valence-electron chi connectivity index (χ0n) is 6.76. The van der Waals surface area contributed by atoms with Crippen LogP contribution in [0.15, 0.2) is 23.8 Å². The molecule has 0 fully saturated rings. The number of hydrogen-bond acceptors (Lipinski definition) is 1. The van der Waals surface area contributed by atoms with Crippen LogP contribution in [0.25, 0.3) is 0 Å². The number of hydrogen-bond donors (Lipinski definition) is 1. The molecule has 0 radical (unpaired) electrons. The van der Waals surface area contributed by atoms with Gasteiger partial charge in [-0.3, -0.25) is 4.79 Å². The Kier molecular flexibility index (Phi) is 2.90. The maximum Gasteiger partial charge on any atom is 0.216 e. The van der Waals surface area contributed by atoms with Gasteiger partial charge < -0.3 is 5.32 Å². The molecule has 0 spiro atoms. The fraction of sp³-hybridized carbons (Fsp3) is 0.444. The fourth-order valence-electron chi connectivity index (χ4n) is 1.08. The third kappa shape index (κ3) is 3.03. The van der Waals surface area contributed by atoms with Crippen LogP contribution in [0.3, 0.4) is 0 Å². The second-order valence-corrected chi connectivity index (χ2v) is 2.65. The van der Waals surface area contributed by atoms with E-state index in [9.17, 15) is 4.79 Å². The summed E-state index contributed by atoms with van der Waals surface area (Å²) in [7, 11) is 0. The lowest BCUT2D eigenvalue weighted by molar-refractivity contribution is -0.118. The number of nitrogens with one attached hydrogen (secondary N) is 1. The molecule has 2 heteroatoms. The van der Waals surface area contributed by atoms with Gasteiger partial charge in [-0.1, -0.05) is 23.8 Å². The van der Waals surface area contributed by atoms with Crippen LogP contribution in [0.5, 0.6) is 0 Å². The molecule has 1 amide bonds. The van der Waals surface area contributed by atoms with E-state index in [0.29, 0.717) is 0 Å². The summed E-state index contributed by atoms with van der Waals surface area (Å²) in [5.74, 6) is 0.0487. The first-order chi connectivity index (χ1) is 5.29. The van der Waals surface area contributed by atoms with Gasteiger partial charge in [0.1, 0.15) is 0 Å². The third-order valence-corrected chi connectivity index (χ3v) is 1.64. The predicted octanol–water partition coefficient (Wildman–Crippen LogP) is 1.40. The highest BCUT2D eigenvalue weighted by molar-refractivity contribution is 5.72. The van der Waals surface area contributed by atoms with Gasteiger partial charge in [-0.25, -0.2) is 0 Å². The molecule has 0 atom stereocenters. The number of carbonyl (C=O) groups is 1. The normalized spacial score (nSPS) is 14.8. The van der Waals surface area contributed by atoms with Crippen LogP contribution in [-0.2, 0) is 4.79 Å². The largest absolute Gasteiger partial charge is 0.356 e. The van der Waals surface area contributed by atoms with Crippen molar-refractivity contribution in [2.75, 3.05) is 6.54 Å². The molecule has 1 rings (SSSR count). The van der Waals surface area contributed by atoms with Crippen LogP contribution in [0.4, 0.5) is 0 Å². The molecule has 60 valence electrons. The van der Waals surface area contributed by atoms with E-state index in [1.165, 1.54) is 5.57 Å². The molecule has 0 saturated carbocycles. The van der Waals surface area contributed by atoms with E-state index in [4.69, 9.17) is 0 Å². The molecule has 0 aromatic rings. The average molecular weight is 151 g/mol. The Bertz CT molecular complexity index is 204.